The molecule has 1 aromatic rings. The number of hydrogen-bond donors (Lipinski definition) is 3. The Morgan fingerprint density at radius 1 is 1.48 bits per heavy atom. The van der Waals surface area contributed by atoms with Crippen molar-refractivity contribution in [2.75, 3.05) is 12.3 Å². The Morgan fingerprint density at radius 3 is 2.60 bits per heavy atom. The predicted molar refractivity (Wildman–Crippen MR) is 94.8 cm³/mol. The highest BCUT2D eigenvalue weighted by atomic mass is 28.3. The van der Waals surface area contributed by atoms with Gasteiger partial charge in [0.1, 0.15) is 33.4 Å². The Balaban J connectivity index is 2.70. The Hall–Kier alpha value is -1.33. The second-order valence-corrected chi connectivity index (χ2v) is 10.4. The summed E-state index contributed by atoms with van der Waals surface area (Å²) in [7, 11) is -1.83. The maximum absolute atomic E-state index is 12.6. The molecule has 9 nitrogen and oxygen atoms in total. The second kappa shape index (κ2) is 7.91. The SMILES string of the molecule is CC[SiH](CC)[C@@]1(n2cnc(N)nc2=O)O[C@H](CO)[C@@H](O)[C@H]1OC(C)C. The van der Waals surface area contributed by atoms with E-state index >= 15 is 0 Å². The lowest BCUT2D eigenvalue weighted by molar-refractivity contribution is -0.127. The fourth-order valence-corrected chi connectivity index (χ4v) is 7.04. The van der Waals surface area contributed by atoms with Crippen molar-refractivity contribution < 1.29 is 19.7 Å². The molecule has 4 atom stereocenters. The van der Waals surface area contributed by atoms with E-state index in [1.807, 2.05) is 27.7 Å². The van der Waals surface area contributed by atoms with Crippen molar-refractivity contribution >= 4 is 14.7 Å². The summed E-state index contributed by atoms with van der Waals surface area (Å²) in [5.74, 6) is -0.124. The van der Waals surface area contributed by atoms with Crippen LogP contribution < -0.4 is 11.4 Å². The molecule has 1 aliphatic heterocycles. The minimum absolute atomic E-state index is 0.124. The molecule has 0 unspecified atom stereocenters. The summed E-state index contributed by atoms with van der Waals surface area (Å²) < 4.78 is 13.5. The average Bonchev–Trinajstić information content (AvgIpc) is 2.82. The summed E-state index contributed by atoms with van der Waals surface area (Å²) in [5.41, 5.74) is 4.92. The molecule has 1 aliphatic rings. The van der Waals surface area contributed by atoms with Crippen molar-refractivity contribution in [3.8, 4) is 0 Å². The van der Waals surface area contributed by atoms with Gasteiger partial charge < -0.3 is 25.4 Å². The van der Waals surface area contributed by atoms with Crippen molar-refractivity contribution in [1.82, 2.24) is 14.5 Å². The number of nitrogens with zero attached hydrogens (tertiary/aromatic N) is 3. The smallest absolute Gasteiger partial charge is 0.354 e. The highest BCUT2D eigenvalue weighted by Gasteiger charge is 2.60. The standard InChI is InChI=1S/C15H28N4O5Si/c1-5-25(6-2)15(19-8-17-13(16)18-14(19)22)12(23-9(3)4)11(21)10(7-20)24-15/h8-12,20-21,25H,5-7H2,1-4H3,(H2,16,18,22)/t10-,11-,12-,15+/m1/s1. The molecule has 1 fully saturated rings. The molecule has 2 heterocycles. The monoisotopic (exact) mass is 372 g/mol. The summed E-state index contributed by atoms with van der Waals surface area (Å²) in [5, 5.41) is 19.2. The Labute approximate surface area is 148 Å². The normalized spacial score (nSPS) is 29.7. The van der Waals surface area contributed by atoms with Crippen molar-refractivity contribution in [3.63, 3.8) is 0 Å². The predicted octanol–water partition coefficient (Wildman–Crippen LogP) is -0.775. The largest absolute Gasteiger partial charge is 0.394 e. The quantitative estimate of drug-likeness (QED) is 0.531. The van der Waals surface area contributed by atoms with Crippen LogP contribution in [0.4, 0.5) is 5.95 Å². The fourth-order valence-electron chi connectivity index (χ4n) is 3.61. The molecule has 2 rings (SSSR count). The van der Waals surface area contributed by atoms with Crippen LogP contribution >= 0.6 is 0 Å². The van der Waals surface area contributed by atoms with Crippen molar-refractivity contribution in [3.05, 3.63) is 16.8 Å². The molecule has 0 spiro atoms. The molecule has 25 heavy (non-hydrogen) atoms. The lowest BCUT2D eigenvalue weighted by Gasteiger charge is -2.41. The molecule has 0 aromatic carbocycles. The van der Waals surface area contributed by atoms with E-state index < -0.39 is 38.1 Å². The summed E-state index contributed by atoms with van der Waals surface area (Å²) >= 11 is 0. The molecule has 4 N–H and O–H groups in total. The van der Waals surface area contributed by atoms with Crippen molar-refractivity contribution in [2.24, 2.45) is 0 Å². The molecule has 0 amide bonds. The van der Waals surface area contributed by atoms with Crippen LogP contribution in [0.2, 0.25) is 12.1 Å². The van der Waals surface area contributed by atoms with Gasteiger partial charge in [-0.2, -0.15) is 4.98 Å². The third kappa shape index (κ3) is 3.49. The van der Waals surface area contributed by atoms with Crippen LogP contribution in [-0.2, 0) is 14.8 Å². The summed E-state index contributed by atoms with van der Waals surface area (Å²) in [4.78, 5) is 20.2. The Kier molecular flexibility index (Phi) is 6.33. The van der Waals surface area contributed by atoms with Gasteiger partial charge in [-0.15, -0.1) is 0 Å². The molecule has 10 heteroatoms. The van der Waals surface area contributed by atoms with E-state index in [1.165, 1.54) is 10.9 Å². The number of nitrogens with two attached hydrogens (primary N) is 1. The zero-order valence-electron chi connectivity index (χ0n) is 15.1. The van der Waals surface area contributed by atoms with E-state index in [4.69, 9.17) is 15.2 Å². The molecular formula is C15H28N4O5Si. The number of aliphatic hydroxyl groups is 2. The molecule has 0 saturated carbocycles. The topological polar surface area (TPSA) is 133 Å². The lowest BCUT2D eigenvalue weighted by Crippen LogP contribution is -2.61. The minimum atomic E-state index is -1.83. The van der Waals surface area contributed by atoms with Gasteiger partial charge in [-0.3, -0.25) is 4.57 Å². The lowest BCUT2D eigenvalue weighted by atomic mass is 10.1. The second-order valence-electron chi connectivity index (χ2n) is 6.57. The molecule has 142 valence electrons. The van der Waals surface area contributed by atoms with E-state index in [2.05, 4.69) is 9.97 Å². The van der Waals surface area contributed by atoms with Crippen LogP contribution in [0.1, 0.15) is 27.7 Å². The molecule has 0 bridgehead atoms. The van der Waals surface area contributed by atoms with Gasteiger partial charge in [0.05, 0.1) is 12.7 Å². The van der Waals surface area contributed by atoms with Gasteiger partial charge in [-0.25, -0.2) is 9.78 Å². The summed E-state index contributed by atoms with van der Waals surface area (Å²) in [6, 6.07) is 1.60. The number of hydrogen-bond acceptors (Lipinski definition) is 8. The molecule has 0 aliphatic carbocycles. The van der Waals surface area contributed by atoms with Crippen LogP contribution in [0.5, 0.6) is 0 Å². The Morgan fingerprint density at radius 2 is 2.12 bits per heavy atom. The molecule has 0 radical (unpaired) electrons. The van der Waals surface area contributed by atoms with E-state index in [9.17, 15) is 15.0 Å². The van der Waals surface area contributed by atoms with E-state index in [0.717, 1.165) is 12.1 Å². The molecule has 1 saturated heterocycles. The zero-order valence-corrected chi connectivity index (χ0v) is 16.3. The maximum Gasteiger partial charge on any atom is 0.354 e. The fraction of sp³-hybridized carbons (Fsp3) is 0.800. The first-order chi connectivity index (χ1) is 11.8. The zero-order chi connectivity index (χ0) is 18.8. The van der Waals surface area contributed by atoms with Crippen LogP contribution in [0.15, 0.2) is 11.1 Å². The molecule has 1 aromatic heterocycles. The Bertz CT molecular complexity index is 639. The van der Waals surface area contributed by atoms with Gasteiger partial charge in [0, 0.05) is 0 Å². The number of ether oxygens (including phenoxy) is 2. The first-order valence-electron chi connectivity index (χ1n) is 8.65. The average molecular weight is 372 g/mol. The summed E-state index contributed by atoms with van der Waals surface area (Å²) in [6.07, 6.45) is -1.61. The summed E-state index contributed by atoms with van der Waals surface area (Å²) in [6.45, 7) is 7.38. The van der Waals surface area contributed by atoms with E-state index in [1.54, 1.807) is 0 Å². The maximum atomic E-state index is 12.6. The highest BCUT2D eigenvalue weighted by Crippen LogP contribution is 2.41. The number of aromatic nitrogens is 3. The van der Waals surface area contributed by atoms with Crippen LogP contribution in [0, 0.1) is 0 Å². The first kappa shape index (κ1) is 20.0. The van der Waals surface area contributed by atoms with E-state index in [0.29, 0.717) is 0 Å². The minimum Gasteiger partial charge on any atom is -0.394 e. The van der Waals surface area contributed by atoms with Gasteiger partial charge in [0.2, 0.25) is 5.95 Å². The number of anilines is 1. The van der Waals surface area contributed by atoms with Gasteiger partial charge in [-0.05, 0) is 13.8 Å². The van der Waals surface area contributed by atoms with Crippen molar-refractivity contribution in [1.29, 1.82) is 0 Å². The number of rotatable bonds is 7. The third-order valence-corrected chi connectivity index (χ3v) is 8.59. The van der Waals surface area contributed by atoms with Gasteiger partial charge in [-0.1, -0.05) is 25.9 Å². The van der Waals surface area contributed by atoms with Gasteiger partial charge in [0.15, 0.2) is 5.35 Å². The van der Waals surface area contributed by atoms with Crippen LogP contribution in [0.25, 0.3) is 0 Å². The first-order valence-corrected chi connectivity index (χ1v) is 10.9. The third-order valence-electron chi connectivity index (χ3n) is 4.71. The number of aliphatic hydroxyl groups excluding tert-OH is 2. The van der Waals surface area contributed by atoms with Crippen molar-refractivity contribution in [2.45, 2.75) is 69.5 Å². The number of nitrogen functional groups attached to an aromatic ring is 1. The molecular weight excluding hydrogens is 344 g/mol. The highest BCUT2D eigenvalue weighted by molar-refractivity contribution is 6.61. The van der Waals surface area contributed by atoms with Gasteiger partial charge >= 0.3 is 5.69 Å². The van der Waals surface area contributed by atoms with Gasteiger partial charge in [0.25, 0.3) is 0 Å². The van der Waals surface area contributed by atoms with Crippen LogP contribution in [0.3, 0.4) is 0 Å². The van der Waals surface area contributed by atoms with E-state index in [-0.39, 0.29) is 18.7 Å². The van der Waals surface area contributed by atoms with Crippen LogP contribution in [-0.4, -0.2) is 64.6 Å².